The van der Waals surface area contributed by atoms with Crippen molar-refractivity contribution < 1.29 is 9.59 Å². The fourth-order valence-corrected chi connectivity index (χ4v) is 3.42. The molecule has 26 heavy (non-hydrogen) atoms. The zero-order chi connectivity index (χ0) is 17.6. The van der Waals surface area contributed by atoms with E-state index in [2.05, 4.69) is 15.3 Å². The molecule has 0 aliphatic carbocycles. The van der Waals surface area contributed by atoms with Gasteiger partial charge in [-0.15, -0.1) is 12.4 Å². The summed E-state index contributed by atoms with van der Waals surface area (Å²) in [5, 5.41) is 3.88. The molecule has 0 bridgehead atoms. The van der Waals surface area contributed by atoms with E-state index < -0.39 is 0 Å². The smallest absolute Gasteiger partial charge is 0.227 e. The number of hydrogen-bond acceptors (Lipinski definition) is 4. The molecule has 3 heterocycles. The first-order valence-electron chi connectivity index (χ1n) is 8.86. The van der Waals surface area contributed by atoms with Crippen LogP contribution in [-0.2, 0) is 16.0 Å². The van der Waals surface area contributed by atoms with Gasteiger partial charge in [0.05, 0.1) is 6.42 Å². The molecule has 0 spiro atoms. The molecule has 3 rings (SSSR count). The lowest BCUT2D eigenvalue weighted by Gasteiger charge is -2.36. The molecule has 7 nitrogen and oxygen atoms in total. The molecule has 2 aromatic heterocycles. The molecule has 8 heteroatoms. The van der Waals surface area contributed by atoms with Gasteiger partial charge in [-0.2, -0.15) is 0 Å². The number of aromatic amines is 1. The second-order valence-corrected chi connectivity index (χ2v) is 6.47. The van der Waals surface area contributed by atoms with E-state index in [4.69, 9.17) is 5.73 Å². The minimum Gasteiger partial charge on any atom is -0.354 e. The van der Waals surface area contributed by atoms with Crippen LogP contribution in [0.4, 0.5) is 0 Å². The SMILES string of the molecule is Cl.NCCC(=O)NCC1CCCCN1C(=O)Cc1c[nH]c2ncccc12. The number of nitrogens with zero attached hydrogens (tertiary/aromatic N) is 2. The summed E-state index contributed by atoms with van der Waals surface area (Å²) in [6, 6.07) is 3.91. The Morgan fingerprint density at radius 3 is 3.04 bits per heavy atom. The third-order valence-electron chi connectivity index (χ3n) is 4.73. The van der Waals surface area contributed by atoms with Crippen molar-refractivity contribution >= 4 is 35.3 Å². The number of halogens is 1. The van der Waals surface area contributed by atoms with Gasteiger partial charge in [0.1, 0.15) is 5.65 Å². The van der Waals surface area contributed by atoms with Crippen molar-refractivity contribution in [3.63, 3.8) is 0 Å². The molecule has 1 aliphatic heterocycles. The molecule has 1 unspecified atom stereocenters. The monoisotopic (exact) mass is 379 g/mol. The van der Waals surface area contributed by atoms with Crippen molar-refractivity contribution in [1.82, 2.24) is 20.2 Å². The molecule has 2 amide bonds. The number of H-pyrrole nitrogens is 1. The minimum atomic E-state index is -0.0526. The summed E-state index contributed by atoms with van der Waals surface area (Å²) < 4.78 is 0. The molecular formula is C18H26ClN5O2. The Kier molecular flexibility index (Phi) is 7.41. The summed E-state index contributed by atoms with van der Waals surface area (Å²) in [5.41, 5.74) is 7.16. The van der Waals surface area contributed by atoms with Crippen LogP contribution in [-0.4, -0.2) is 52.4 Å². The third kappa shape index (κ3) is 4.74. The van der Waals surface area contributed by atoms with E-state index in [1.807, 2.05) is 23.2 Å². The number of fused-ring (bicyclic) bond motifs is 1. The Bertz CT molecular complexity index is 748. The van der Waals surface area contributed by atoms with Crippen molar-refractivity contribution in [2.75, 3.05) is 19.6 Å². The molecule has 0 radical (unpaired) electrons. The highest BCUT2D eigenvalue weighted by Gasteiger charge is 2.27. The van der Waals surface area contributed by atoms with Gasteiger partial charge >= 0.3 is 0 Å². The summed E-state index contributed by atoms with van der Waals surface area (Å²) in [6.45, 7) is 1.59. The Labute approximate surface area is 159 Å². The minimum absolute atomic E-state index is 0. The fourth-order valence-electron chi connectivity index (χ4n) is 3.42. The van der Waals surface area contributed by atoms with Gasteiger partial charge in [0, 0.05) is 49.9 Å². The molecule has 0 saturated carbocycles. The van der Waals surface area contributed by atoms with Crippen LogP contribution in [0.15, 0.2) is 24.5 Å². The van der Waals surface area contributed by atoms with Gasteiger partial charge in [0.25, 0.3) is 0 Å². The predicted molar refractivity (Wildman–Crippen MR) is 103 cm³/mol. The maximum absolute atomic E-state index is 12.8. The number of aromatic nitrogens is 2. The number of nitrogens with two attached hydrogens (primary N) is 1. The van der Waals surface area contributed by atoms with Gasteiger partial charge in [-0.3, -0.25) is 9.59 Å². The van der Waals surface area contributed by atoms with Crippen molar-refractivity contribution in [1.29, 1.82) is 0 Å². The highest BCUT2D eigenvalue weighted by atomic mass is 35.5. The molecule has 0 aromatic carbocycles. The van der Waals surface area contributed by atoms with E-state index in [1.165, 1.54) is 0 Å². The van der Waals surface area contributed by atoms with E-state index in [0.717, 1.165) is 42.4 Å². The van der Waals surface area contributed by atoms with Gasteiger partial charge in [-0.05, 0) is 37.0 Å². The maximum Gasteiger partial charge on any atom is 0.227 e. The van der Waals surface area contributed by atoms with Gasteiger partial charge < -0.3 is 20.9 Å². The zero-order valence-electron chi connectivity index (χ0n) is 14.7. The van der Waals surface area contributed by atoms with Crippen molar-refractivity contribution in [3.8, 4) is 0 Å². The first-order valence-corrected chi connectivity index (χ1v) is 8.86. The van der Waals surface area contributed by atoms with E-state index in [0.29, 0.717) is 25.9 Å². The Balaban J connectivity index is 0.00000243. The van der Waals surface area contributed by atoms with Crippen LogP contribution < -0.4 is 11.1 Å². The van der Waals surface area contributed by atoms with Gasteiger partial charge in [-0.1, -0.05) is 0 Å². The number of carbonyl (C=O) groups is 2. The van der Waals surface area contributed by atoms with E-state index >= 15 is 0 Å². The molecule has 4 N–H and O–H groups in total. The Morgan fingerprint density at radius 2 is 2.23 bits per heavy atom. The summed E-state index contributed by atoms with van der Waals surface area (Å²) >= 11 is 0. The molecule has 142 valence electrons. The predicted octanol–water partition coefficient (Wildman–Crippen LogP) is 1.37. The van der Waals surface area contributed by atoms with Gasteiger partial charge in [0.15, 0.2) is 0 Å². The normalized spacial score (nSPS) is 17.0. The third-order valence-corrected chi connectivity index (χ3v) is 4.73. The number of amides is 2. The van der Waals surface area contributed by atoms with Crippen molar-refractivity contribution in [2.45, 2.75) is 38.1 Å². The van der Waals surface area contributed by atoms with Crippen LogP contribution in [0.3, 0.4) is 0 Å². The second-order valence-electron chi connectivity index (χ2n) is 6.47. The van der Waals surface area contributed by atoms with Crippen LogP contribution in [0.25, 0.3) is 11.0 Å². The Hall–Kier alpha value is -2.12. The fraction of sp³-hybridized carbons (Fsp3) is 0.500. The first-order chi connectivity index (χ1) is 12.2. The first kappa shape index (κ1) is 20.2. The number of pyridine rings is 1. The molecule has 1 fully saturated rings. The topological polar surface area (TPSA) is 104 Å². The Morgan fingerprint density at radius 1 is 1.38 bits per heavy atom. The van der Waals surface area contributed by atoms with Crippen molar-refractivity contribution in [2.24, 2.45) is 5.73 Å². The average Bonchev–Trinajstić information content (AvgIpc) is 3.03. The molecule has 1 saturated heterocycles. The highest BCUT2D eigenvalue weighted by Crippen LogP contribution is 2.21. The zero-order valence-corrected chi connectivity index (χ0v) is 15.6. The number of likely N-dealkylation sites (tertiary alicyclic amines) is 1. The lowest BCUT2D eigenvalue weighted by molar-refractivity contribution is -0.134. The summed E-state index contributed by atoms with van der Waals surface area (Å²) in [6.07, 6.45) is 7.27. The quantitative estimate of drug-likeness (QED) is 0.705. The summed E-state index contributed by atoms with van der Waals surface area (Å²) in [5.74, 6) is 0.0469. The summed E-state index contributed by atoms with van der Waals surface area (Å²) in [4.78, 5) is 33.8. The standard InChI is InChI=1S/C18H25N5O2.ClH/c19-7-6-16(24)21-12-14-4-1-2-9-23(14)17(25)10-13-11-22-18-15(13)5-3-8-20-18;/h3,5,8,11,14H,1-2,4,6-7,9-10,12,19H2,(H,20,22)(H,21,24);1H. The lowest BCUT2D eigenvalue weighted by Crippen LogP contribution is -2.50. The lowest BCUT2D eigenvalue weighted by atomic mass is 10.0. The second kappa shape index (κ2) is 9.54. The number of carbonyl (C=O) groups excluding carboxylic acids is 2. The van der Waals surface area contributed by atoms with Crippen LogP contribution in [0.5, 0.6) is 0 Å². The highest BCUT2D eigenvalue weighted by molar-refractivity contribution is 5.87. The maximum atomic E-state index is 12.8. The number of nitrogens with one attached hydrogen (secondary N) is 2. The van der Waals surface area contributed by atoms with E-state index in [9.17, 15) is 9.59 Å². The molecule has 1 atom stereocenters. The van der Waals surface area contributed by atoms with Gasteiger partial charge in [-0.25, -0.2) is 4.98 Å². The summed E-state index contributed by atoms with van der Waals surface area (Å²) in [7, 11) is 0. The van der Waals surface area contributed by atoms with Crippen LogP contribution >= 0.6 is 12.4 Å². The van der Waals surface area contributed by atoms with Crippen molar-refractivity contribution in [3.05, 3.63) is 30.1 Å². The van der Waals surface area contributed by atoms with E-state index in [1.54, 1.807) is 6.20 Å². The van der Waals surface area contributed by atoms with E-state index in [-0.39, 0.29) is 30.3 Å². The van der Waals surface area contributed by atoms with Gasteiger partial charge in [0.2, 0.25) is 11.8 Å². The van der Waals surface area contributed by atoms with Crippen LogP contribution in [0.1, 0.15) is 31.2 Å². The molecule has 2 aromatic rings. The average molecular weight is 380 g/mol. The number of piperidine rings is 1. The molecule has 1 aliphatic rings. The van der Waals surface area contributed by atoms with Crippen LogP contribution in [0.2, 0.25) is 0 Å². The number of hydrogen-bond donors (Lipinski definition) is 3. The van der Waals surface area contributed by atoms with Crippen LogP contribution in [0, 0.1) is 0 Å². The number of rotatable bonds is 6. The largest absolute Gasteiger partial charge is 0.354 e. The molecular weight excluding hydrogens is 354 g/mol.